The SMILES string of the molecule is CCC1CCCCN1C(C(=O)N1CCNCC1)c1cccs1. The van der Waals surface area contributed by atoms with Gasteiger partial charge in [-0.2, -0.15) is 0 Å². The number of carbonyl (C=O) groups is 1. The van der Waals surface area contributed by atoms with Gasteiger partial charge in [0, 0.05) is 37.1 Å². The summed E-state index contributed by atoms with van der Waals surface area (Å²) in [6, 6.07) is 4.69. The molecule has 0 spiro atoms. The van der Waals surface area contributed by atoms with Crippen LogP contribution in [0.2, 0.25) is 0 Å². The third kappa shape index (κ3) is 3.36. The molecule has 0 bridgehead atoms. The van der Waals surface area contributed by atoms with Gasteiger partial charge in [0.2, 0.25) is 5.91 Å². The molecule has 22 heavy (non-hydrogen) atoms. The zero-order valence-electron chi connectivity index (χ0n) is 13.5. The van der Waals surface area contributed by atoms with E-state index in [0.717, 1.165) is 39.1 Å². The number of nitrogens with one attached hydrogen (secondary N) is 1. The van der Waals surface area contributed by atoms with Crippen molar-refractivity contribution in [2.24, 2.45) is 0 Å². The van der Waals surface area contributed by atoms with Gasteiger partial charge >= 0.3 is 0 Å². The third-order valence-corrected chi connectivity index (χ3v) is 5.88. The first-order valence-corrected chi connectivity index (χ1v) is 9.48. The van der Waals surface area contributed by atoms with Crippen molar-refractivity contribution in [1.29, 1.82) is 0 Å². The number of likely N-dealkylation sites (tertiary alicyclic amines) is 1. The van der Waals surface area contributed by atoms with Crippen LogP contribution in [0.3, 0.4) is 0 Å². The van der Waals surface area contributed by atoms with Gasteiger partial charge < -0.3 is 10.2 Å². The van der Waals surface area contributed by atoms with Crippen LogP contribution in [0.5, 0.6) is 0 Å². The monoisotopic (exact) mass is 321 g/mol. The van der Waals surface area contributed by atoms with Gasteiger partial charge in [-0.25, -0.2) is 0 Å². The van der Waals surface area contributed by atoms with Crippen LogP contribution in [0.25, 0.3) is 0 Å². The van der Waals surface area contributed by atoms with E-state index in [-0.39, 0.29) is 6.04 Å². The predicted octanol–water partition coefficient (Wildman–Crippen LogP) is 2.49. The molecule has 2 fully saturated rings. The molecule has 3 rings (SSSR count). The van der Waals surface area contributed by atoms with Gasteiger partial charge in [-0.15, -0.1) is 11.3 Å². The van der Waals surface area contributed by atoms with Crippen LogP contribution in [0.1, 0.15) is 43.5 Å². The number of nitrogens with zero attached hydrogens (tertiary/aromatic N) is 2. The average Bonchev–Trinajstić information content (AvgIpc) is 3.10. The van der Waals surface area contributed by atoms with Crippen LogP contribution < -0.4 is 5.32 Å². The molecule has 2 aliphatic heterocycles. The van der Waals surface area contributed by atoms with Gasteiger partial charge in [0.1, 0.15) is 6.04 Å². The molecular weight excluding hydrogens is 294 g/mol. The topological polar surface area (TPSA) is 35.6 Å². The molecule has 2 atom stereocenters. The highest BCUT2D eigenvalue weighted by Gasteiger charge is 2.36. The van der Waals surface area contributed by atoms with Crippen molar-refractivity contribution in [2.75, 3.05) is 32.7 Å². The minimum atomic E-state index is -0.0663. The number of thiophene rings is 1. The Morgan fingerprint density at radius 2 is 2.18 bits per heavy atom. The molecule has 1 aromatic rings. The maximum Gasteiger partial charge on any atom is 0.245 e. The normalized spacial score (nSPS) is 25.1. The van der Waals surface area contributed by atoms with Gasteiger partial charge in [-0.3, -0.25) is 9.69 Å². The Bertz CT molecular complexity index is 470. The minimum Gasteiger partial charge on any atom is -0.338 e. The van der Waals surface area contributed by atoms with E-state index in [1.807, 2.05) is 0 Å². The van der Waals surface area contributed by atoms with E-state index in [0.29, 0.717) is 11.9 Å². The maximum atomic E-state index is 13.2. The van der Waals surface area contributed by atoms with Crippen LogP contribution in [0.4, 0.5) is 0 Å². The van der Waals surface area contributed by atoms with Gasteiger partial charge in [-0.05, 0) is 37.3 Å². The molecule has 1 N–H and O–H groups in total. The summed E-state index contributed by atoms with van der Waals surface area (Å²) >= 11 is 1.72. The Labute approximate surface area is 137 Å². The largest absolute Gasteiger partial charge is 0.338 e. The summed E-state index contributed by atoms with van der Waals surface area (Å²) in [7, 11) is 0. The van der Waals surface area contributed by atoms with Crippen LogP contribution >= 0.6 is 11.3 Å². The molecule has 5 heteroatoms. The van der Waals surface area contributed by atoms with Crippen LogP contribution in [-0.4, -0.2) is 54.5 Å². The van der Waals surface area contributed by atoms with E-state index in [1.54, 1.807) is 11.3 Å². The fraction of sp³-hybridized carbons (Fsp3) is 0.706. The van der Waals surface area contributed by atoms with Crippen molar-refractivity contribution >= 4 is 17.2 Å². The summed E-state index contributed by atoms with van der Waals surface area (Å²) in [6.45, 7) is 6.82. The van der Waals surface area contributed by atoms with Crippen molar-refractivity contribution in [2.45, 2.75) is 44.7 Å². The maximum absolute atomic E-state index is 13.2. The molecular formula is C17H27N3OS. The smallest absolute Gasteiger partial charge is 0.245 e. The lowest BCUT2D eigenvalue weighted by Crippen LogP contribution is -2.53. The number of hydrogen-bond donors (Lipinski definition) is 1. The van der Waals surface area contributed by atoms with Gasteiger partial charge in [0.15, 0.2) is 0 Å². The fourth-order valence-electron chi connectivity index (χ4n) is 3.73. The van der Waals surface area contributed by atoms with E-state index >= 15 is 0 Å². The van der Waals surface area contributed by atoms with E-state index in [9.17, 15) is 4.79 Å². The van der Waals surface area contributed by atoms with Crippen molar-refractivity contribution in [3.8, 4) is 0 Å². The Kier molecular flexibility index (Phi) is 5.50. The summed E-state index contributed by atoms with van der Waals surface area (Å²) in [5.74, 6) is 0.310. The van der Waals surface area contributed by atoms with E-state index in [4.69, 9.17) is 0 Å². The van der Waals surface area contributed by atoms with Crippen LogP contribution in [-0.2, 0) is 4.79 Å². The first-order valence-electron chi connectivity index (χ1n) is 8.60. The molecule has 0 saturated carbocycles. The number of hydrogen-bond acceptors (Lipinski definition) is 4. The molecule has 2 aliphatic rings. The molecule has 1 amide bonds. The summed E-state index contributed by atoms with van der Waals surface area (Å²) in [5, 5.41) is 5.43. The molecule has 0 radical (unpaired) electrons. The van der Waals surface area contributed by atoms with Crippen LogP contribution in [0, 0.1) is 0 Å². The number of amides is 1. The third-order valence-electron chi connectivity index (χ3n) is 4.95. The highest BCUT2D eigenvalue weighted by molar-refractivity contribution is 7.10. The summed E-state index contributed by atoms with van der Waals surface area (Å²) in [5.41, 5.74) is 0. The number of piperidine rings is 1. The van der Waals surface area contributed by atoms with E-state index in [2.05, 4.69) is 39.6 Å². The Morgan fingerprint density at radius 1 is 1.36 bits per heavy atom. The average molecular weight is 321 g/mol. The van der Waals surface area contributed by atoms with Crippen LogP contribution in [0.15, 0.2) is 17.5 Å². The van der Waals surface area contributed by atoms with E-state index in [1.165, 1.54) is 24.1 Å². The second kappa shape index (κ2) is 7.57. The second-order valence-electron chi connectivity index (χ2n) is 6.29. The highest BCUT2D eigenvalue weighted by Crippen LogP contribution is 2.33. The summed E-state index contributed by atoms with van der Waals surface area (Å²) < 4.78 is 0. The second-order valence-corrected chi connectivity index (χ2v) is 7.27. The summed E-state index contributed by atoms with van der Waals surface area (Å²) in [6.07, 6.45) is 4.88. The van der Waals surface area contributed by atoms with Crippen molar-refractivity contribution in [1.82, 2.24) is 15.1 Å². The fourth-order valence-corrected chi connectivity index (χ4v) is 4.57. The standard InChI is InChI=1S/C17H27N3OS/c1-2-14-6-3-4-10-20(14)16(15-7-5-13-22-15)17(21)19-11-8-18-9-12-19/h5,7,13-14,16,18H,2-4,6,8-12H2,1H3. The lowest BCUT2D eigenvalue weighted by molar-refractivity contribution is -0.139. The highest BCUT2D eigenvalue weighted by atomic mass is 32.1. The Morgan fingerprint density at radius 3 is 2.86 bits per heavy atom. The molecule has 2 unspecified atom stereocenters. The molecule has 0 aromatic carbocycles. The van der Waals surface area contributed by atoms with E-state index < -0.39 is 0 Å². The van der Waals surface area contributed by atoms with Gasteiger partial charge in [0.05, 0.1) is 0 Å². The number of rotatable bonds is 4. The summed E-state index contributed by atoms with van der Waals surface area (Å²) in [4.78, 5) is 19.0. The molecule has 0 aliphatic carbocycles. The zero-order valence-corrected chi connectivity index (χ0v) is 14.3. The van der Waals surface area contributed by atoms with Gasteiger partial charge in [0.25, 0.3) is 0 Å². The Balaban J connectivity index is 1.84. The predicted molar refractivity (Wildman–Crippen MR) is 91.1 cm³/mol. The van der Waals surface area contributed by atoms with Crippen molar-refractivity contribution in [3.63, 3.8) is 0 Å². The quantitative estimate of drug-likeness (QED) is 0.925. The lowest BCUT2D eigenvalue weighted by atomic mass is 9.96. The zero-order chi connectivity index (χ0) is 15.4. The Hall–Kier alpha value is -0.910. The van der Waals surface area contributed by atoms with Crippen molar-refractivity contribution in [3.05, 3.63) is 22.4 Å². The molecule has 3 heterocycles. The number of carbonyl (C=O) groups excluding carboxylic acids is 1. The number of piperazine rings is 1. The minimum absolute atomic E-state index is 0.0663. The van der Waals surface area contributed by atoms with Gasteiger partial charge in [-0.1, -0.05) is 19.4 Å². The molecule has 4 nitrogen and oxygen atoms in total. The molecule has 1 aromatic heterocycles. The molecule has 122 valence electrons. The first kappa shape index (κ1) is 16.0. The first-order chi connectivity index (χ1) is 10.8. The lowest BCUT2D eigenvalue weighted by Gasteiger charge is -2.42. The van der Waals surface area contributed by atoms with Crippen molar-refractivity contribution < 1.29 is 4.79 Å². The molecule has 2 saturated heterocycles.